The van der Waals surface area contributed by atoms with Crippen LogP contribution in [0.3, 0.4) is 0 Å². The molecule has 3 unspecified atom stereocenters. The Hall–Kier alpha value is -2.48. The van der Waals surface area contributed by atoms with Crippen molar-refractivity contribution in [1.82, 2.24) is 15.5 Å². The van der Waals surface area contributed by atoms with Gasteiger partial charge in [0.1, 0.15) is 11.0 Å². The van der Waals surface area contributed by atoms with Gasteiger partial charge in [0.25, 0.3) is 0 Å². The summed E-state index contributed by atoms with van der Waals surface area (Å²) >= 11 is 1.33. The number of carbonyl (C=O) groups is 2. The number of rotatable bonds is 12. The predicted molar refractivity (Wildman–Crippen MR) is 133 cm³/mol. The van der Waals surface area contributed by atoms with Gasteiger partial charge in [-0.3, -0.25) is 14.9 Å². The number of carbonyl (C=O) groups excluding carboxylic acids is 2. The molecule has 0 aliphatic carbocycles. The molecule has 2 aromatic rings. The Morgan fingerprint density at radius 2 is 1.72 bits per heavy atom. The molecule has 0 aliphatic heterocycles. The van der Waals surface area contributed by atoms with Crippen LogP contribution in [0.1, 0.15) is 59.8 Å². The van der Waals surface area contributed by atoms with E-state index in [1.165, 1.54) is 11.3 Å². The van der Waals surface area contributed by atoms with Gasteiger partial charge in [-0.2, -0.15) is 0 Å². The zero-order valence-electron chi connectivity index (χ0n) is 20.1. The number of hydrogen-bond donors (Lipinski definition) is 2. The molecule has 8 heteroatoms. The van der Waals surface area contributed by atoms with Crippen molar-refractivity contribution in [1.29, 1.82) is 0 Å². The fraction of sp³-hybridized carbons (Fsp3) is 0.583. The number of aromatic nitrogens is 2. The van der Waals surface area contributed by atoms with Gasteiger partial charge in [0, 0.05) is 31.3 Å². The lowest BCUT2D eigenvalue weighted by molar-refractivity contribution is -0.130. The van der Waals surface area contributed by atoms with E-state index in [1.807, 2.05) is 64.0 Å². The van der Waals surface area contributed by atoms with Crippen molar-refractivity contribution in [2.24, 2.45) is 11.8 Å². The fourth-order valence-corrected chi connectivity index (χ4v) is 4.17. The molecular weight excluding hydrogens is 422 g/mol. The Kier molecular flexibility index (Phi) is 10.1. The van der Waals surface area contributed by atoms with E-state index in [9.17, 15) is 9.59 Å². The number of hydrogen-bond acceptors (Lipinski definition) is 6. The zero-order valence-corrected chi connectivity index (χ0v) is 21.0. The van der Waals surface area contributed by atoms with Crippen LogP contribution in [0, 0.1) is 11.8 Å². The third-order valence-electron chi connectivity index (χ3n) is 5.85. The average Bonchev–Trinajstić information content (AvgIpc) is 3.25. The second-order valence-electron chi connectivity index (χ2n) is 8.46. The van der Waals surface area contributed by atoms with Crippen molar-refractivity contribution in [3.63, 3.8) is 0 Å². The maximum absolute atomic E-state index is 13.0. The van der Waals surface area contributed by atoms with Gasteiger partial charge in [-0.25, -0.2) is 0 Å². The summed E-state index contributed by atoms with van der Waals surface area (Å²) in [5.74, 6) is -0.342. The van der Waals surface area contributed by atoms with Gasteiger partial charge in [-0.1, -0.05) is 58.3 Å². The molecule has 1 aromatic carbocycles. The first kappa shape index (κ1) is 25.8. The van der Waals surface area contributed by atoms with Gasteiger partial charge < -0.3 is 10.2 Å². The lowest BCUT2D eigenvalue weighted by Gasteiger charge is -2.25. The highest BCUT2D eigenvalue weighted by molar-refractivity contribution is 7.18. The Morgan fingerprint density at radius 3 is 2.28 bits per heavy atom. The summed E-state index contributed by atoms with van der Waals surface area (Å²) in [6.45, 7) is 8.14. The smallest absolute Gasteiger partial charge is 0.249 e. The molecule has 2 amide bonds. The predicted octanol–water partition coefficient (Wildman–Crippen LogP) is 4.96. The first-order valence-corrected chi connectivity index (χ1v) is 12.3. The molecule has 3 atom stereocenters. The SMILES string of the molecule is CCCCC(CC)C(=O)NC(C(=O)Nc1nnc(-c2ccc(N(C)C)cc2)s1)C(C)CC. The van der Waals surface area contributed by atoms with E-state index < -0.39 is 6.04 Å². The normalized spacial score (nSPS) is 13.8. The molecule has 7 nitrogen and oxygen atoms in total. The molecule has 1 aromatic heterocycles. The van der Waals surface area contributed by atoms with Gasteiger partial charge in [-0.15, -0.1) is 10.2 Å². The molecule has 0 radical (unpaired) electrons. The van der Waals surface area contributed by atoms with Crippen LogP contribution in [0.25, 0.3) is 10.6 Å². The van der Waals surface area contributed by atoms with Crippen LogP contribution in [-0.2, 0) is 9.59 Å². The van der Waals surface area contributed by atoms with E-state index in [0.29, 0.717) is 5.13 Å². The molecule has 2 N–H and O–H groups in total. The van der Waals surface area contributed by atoms with Gasteiger partial charge in [0.2, 0.25) is 16.9 Å². The molecule has 0 bridgehead atoms. The maximum atomic E-state index is 13.0. The van der Waals surface area contributed by atoms with Crippen LogP contribution in [-0.4, -0.2) is 42.1 Å². The van der Waals surface area contributed by atoms with E-state index in [1.54, 1.807) is 0 Å². The molecular formula is C24H37N5O2S. The number of nitrogens with zero attached hydrogens (tertiary/aromatic N) is 3. The number of benzene rings is 1. The first-order valence-electron chi connectivity index (χ1n) is 11.5. The second-order valence-corrected chi connectivity index (χ2v) is 9.44. The topological polar surface area (TPSA) is 87.2 Å². The van der Waals surface area contributed by atoms with Crippen LogP contribution in [0.2, 0.25) is 0 Å². The Bertz CT molecular complexity index is 866. The van der Waals surface area contributed by atoms with Crippen LogP contribution in [0.4, 0.5) is 10.8 Å². The highest BCUT2D eigenvalue weighted by atomic mass is 32.1. The van der Waals surface area contributed by atoms with Crippen molar-refractivity contribution >= 4 is 34.0 Å². The molecule has 0 fully saturated rings. The minimum atomic E-state index is -0.602. The standard InChI is InChI=1S/C24H37N5O2S/c1-7-10-11-17(9-3)21(30)25-20(16(4)8-2)22(31)26-24-28-27-23(32-24)18-12-14-19(15-13-18)29(5)6/h12-17,20H,7-11H2,1-6H3,(H,25,30)(H,26,28,31). The molecule has 0 aliphatic rings. The number of amides is 2. The fourth-order valence-electron chi connectivity index (χ4n) is 3.42. The molecule has 0 saturated carbocycles. The lowest BCUT2D eigenvalue weighted by Crippen LogP contribution is -2.49. The van der Waals surface area contributed by atoms with E-state index in [-0.39, 0.29) is 23.7 Å². The first-order chi connectivity index (χ1) is 15.3. The summed E-state index contributed by atoms with van der Waals surface area (Å²) in [6, 6.07) is 7.42. The molecule has 32 heavy (non-hydrogen) atoms. The van der Waals surface area contributed by atoms with Crippen molar-refractivity contribution < 1.29 is 9.59 Å². The number of nitrogens with one attached hydrogen (secondary N) is 2. The van der Waals surface area contributed by atoms with Crippen LogP contribution >= 0.6 is 11.3 Å². The van der Waals surface area contributed by atoms with E-state index in [2.05, 4.69) is 27.8 Å². The summed E-state index contributed by atoms with van der Waals surface area (Å²) in [5.41, 5.74) is 2.05. The highest BCUT2D eigenvalue weighted by Gasteiger charge is 2.29. The van der Waals surface area contributed by atoms with Crippen molar-refractivity contribution in [2.75, 3.05) is 24.3 Å². The van der Waals surface area contributed by atoms with E-state index in [0.717, 1.165) is 48.4 Å². The highest BCUT2D eigenvalue weighted by Crippen LogP contribution is 2.28. The lowest BCUT2D eigenvalue weighted by atomic mass is 9.94. The minimum Gasteiger partial charge on any atom is -0.378 e. The van der Waals surface area contributed by atoms with Crippen molar-refractivity contribution in [2.45, 2.75) is 65.8 Å². The molecule has 1 heterocycles. The average molecular weight is 460 g/mol. The Labute approximate surface area is 196 Å². The second kappa shape index (κ2) is 12.5. The van der Waals surface area contributed by atoms with E-state index >= 15 is 0 Å². The molecule has 0 saturated heterocycles. The largest absolute Gasteiger partial charge is 0.378 e. The molecule has 2 rings (SSSR count). The van der Waals surface area contributed by atoms with E-state index in [4.69, 9.17) is 0 Å². The van der Waals surface area contributed by atoms with Crippen LogP contribution in [0.5, 0.6) is 0 Å². The third kappa shape index (κ3) is 7.02. The van der Waals surface area contributed by atoms with Gasteiger partial charge >= 0.3 is 0 Å². The Balaban J connectivity index is 2.09. The summed E-state index contributed by atoms with van der Waals surface area (Å²) < 4.78 is 0. The monoisotopic (exact) mass is 459 g/mol. The van der Waals surface area contributed by atoms with Gasteiger partial charge in [0.15, 0.2) is 0 Å². The zero-order chi connectivity index (χ0) is 23.7. The summed E-state index contributed by atoms with van der Waals surface area (Å²) in [6.07, 6.45) is 4.46. The van der Waals surface area contributed by atoms with Crippen molar-refractivity contribution in [3.05, 3.63) is 24.3 Å². The van der Waals surface area contributed by atoms with Crippen molar-refractivity contribution in [3.8, 4) is 10.6 Å². The van der Waals surface area contributed by atoms with Gasteiger partial charge in [-0.05, 0) is 43.0 Å². The summed E-state index contributed by atoms with van der Waals surface area (Å²) in [5, 5.41) is 15.4. The number of unbranched alkanes of at least 4 members (excludes halogenated alkanes) is 1. The molecule has 0 spiro atoms. The summed E-state index contributed by atoms with van der Waals surface area (Å²) in [4.78, 5) is 27.9. The minimum absolute atomic E-state index is 0.00796. The van der Waals surface area contributed by atoms with Gasteiger partial charge in [0.05, 0.1) is 0 Å². The van der Waals surface area contributed by atoms with Crippen LogP contribution < -0.4 is 15.5 Å². The molecule has 176 valence electrons. The third-order valence-corrected chi connectivity index (χ3v) is 6.74. The quantitative estimate of drug-likeness (QED) is 0.469. The maximum Gasteiger partial charge on any atom is 0.249 e. The number of anilines is 2. The van der Waals surface area contributed by atoms with Crippen LogP contribution in [0.15, 0.2) is 24.3 Å². The summed E-state index contributed by atoms with van der Waals surface area (Å²) in [7, 11) is 3.99. The Morgan fingerprint density at radius 1 is 1.03 bits per heavy atom.